The molecule has 10 aromatic rings. The van der Waals surface area contributed by atoms with Crippen molar-refractivity contribution in [3.63, 3.8) is 0 Å². The Bertz CT molecular complexity index is 3410. The maximum Gasteiger partial charge on any atom is 0.0726 e. The van der Waals surface area contributed by atoms with E-state index in [-0.39, 0.29) is 5.41 Å². The zero-order chi connectivity index (χ0) is 39.0. The molecular weight excluding hydrogens is 711 g/mol. The van der Waals surface area contributed by atoms with E-state index in [0.29, 0.717) is 0 Å². The van der Waals surface area contributed by atoms with Gasteiger partial charge in [0, 0.05) is 22.2 Å². The summed E-state index contributed by atoms with van der Waals surface area (Å²) < 4.78 is 0. The molecule has 0 heterocycles. The Morgan fingerprint density at radius 1 is 0.322 bits per heavy atom. The Balaban J connectivity index is 1.16. The molecule has 0 saturated carbocycles. The zero-order valence-corrected chi connectivity index (χ0v) is 33.0. The van der Waals surface area contributed by atoms with Crippen LogP contribution in [-0.4, -0.2) is 0 Å². The topological polar surface area (TPSA) is 3.24 Å². The van der Waals surface area contributed by atoms with E-state index in [0.717, 1.165) is 11.4 Å². The third-order valence-electron chi connectivity index (χ3n) is 14.0. The van der Waals surface area contributed by atoms with E-state index >= 15 is 0 Å². The molecule has 0 aromatic heterocycles. The van der Waals surface area contributed by atoms with Crippen LogP contribution in [0.4, 0.5) is 17.1 Å². The van der Waals surface area contributed by atoms with Crippen molar-refractivity contribution in [1.29, 1.82) is 0 Å². The van der Waals surface area contributed by atoms with Gasteiger partial charge in [0.15, 0.2) is 0 Å². The fourth-order valence-electron chi connectivity index (χ4n) is 11.5. The molecule has 3 aliphatic carbocycles. The number of hydrogen-bond acceptors (Lipinski definition) is 1. The smallest absolute Gasteiger partial charge is 0.0726 e. The van der Waals surface area contributed by atoms with Crippen LogP contribution in [0.3, 0.4) is 0 Å². The normalized spacial score (nSPS) is 16.2. The van der Waals surface area contributed by atoms with Gasteiger partial charge in [-0.2, -0.15) is 0 Å². The summed E-state index contributed by atoms with van der Waals surface area (Å²) in [5.74, 6) is 0. The van der Waals surface area contributed by atoms with Gasteiger partial charge in [0.25, 0.3) is 0 Å². The summed E-state index contributed by atoms with van der Waals surface area (Å²) in [6.45, 7) is 4.76. The fraction of sp³-hybridized carbons (Fsp3) is 0.0690. The van der Waals surface area contributed by atoms with Crippen LogP contribution in [0, 0.1) is 0 Å². The number of nitrogens with zero attached hydrogens (tertiary/aromatic N) is 1. The van der Waals surface area contributed by atoms with Gasteiger partial charge >= 0.3 is 0 Å². The Kier molecular flexibility index (Phi) is 6.50. The minimum absolute atomic E-state index is 0.132. The number of hydrogen-bond donors (Lipinski definition) is 0. The molecule has 10 aromatic carbocycles. The first-order valence-electron chi connectivity index (χ1n) is 20.8. The molecule has 0 saturated heterocycles. The zero-order valence-electron chi connectivity index (χ0n) is 33.0. The van der Waals surface area contributed by atoms with Gasteiger partial charge < -0.3 is 4.90 Å². The van der Waals surface area contributed by atoms with Gasteiger partial charge in [-0.3, -0.25) is 0 Å². The molecule has 0 aliphatic heterocycles. The van der Waals surface area contributed by atoms with Gasteiger partial charge in [-0.05, 0) is 124 Å². The van der Waals surface area contributed by atoms with E-state index in [1.54, 1.807) is 0 Å². The molecule has 13 rings (SSSR count). The summed E-state index contributed by atoms with van der Waals surface area (Å²) in [4.78, 5) is 2.53. The quantitative estimate of drug-likeness (QED) is 0.174. The number of fused-ring (bicyclic) bond motifs is 12. The number of rotatable bonds is 3. The average molecular weight is 750 g/mol. The van der Waals surface area contributed by atoms with Crippen molar-refractivity contribution in [1.82, 2.24) is 0 Å². The van der Waals surface area contributed by atoms with E-state index in [1.165, 1.54) is 105 Å². The van der Waals surface area contributed by atoms with Gasteiger partial charge in [-0.1, -0.05) is 184 Å². The van der Waals surface area contributed by atoms with Gasteiger partial charge in [0.1, 0.15) is 0 Å². The van der Waals surface area contributed by atoms with Crippen molar-refractivity contribution >= 4 is 49.4 Å². The van der Waals surface area contributed by atoms with Gasteiger partial charge in [-0.15, -0.1) is 0 Å². The van der Waals surface area contributed by atoms with Crippen LogP contribution in [0.5, 0.6) is 0 Å². The lowest BCUT2D eigenvalue weighted by atomic mass is 9.55. The van der Waals surface area contributed by atoms with Gasteiger partial charge in [0.2, 0.25) is 0 Å². The maximum absolute atomic E-state index is 2.54. The molecule has 3 aliphatic rings. The molecule has 0 bridgehead atoms. The lowest BCUT2D eigenvalue weighted by molar-refractivity contribution is 0.660. The molecular formula is C58H39N. The predicted molar refractivity (Wildman–Crippen MR) is 248 cm³/mol. The van der Waals surface area contributed by atoms with E-state index < -0.39 is 5.41 Å². The van der Waals surface area contributed by atoms with Gasteiger partial charge in [-0.25, -0.2) is 0 Å². The fourth-order valence-corrected chi connectivity index (χ4v) is 11.5. The second-order valence-electron chi connectivity index (χ2n) is 17.2. The molecule has 1 atom stereocenters. The van der Waals surface area contributed by atoms with Crippen molar-refractivity contribution in [3.05, 3.63) is 234 Å². The number of anilines is 3. The lowest BCUT2D eigenvalue weighted by Crippen LogP contribution is -2.36. The van der Waals surface area contributed by atoms with Crippen molar-refractivity contribution in [2.24, 2.45) is 0 Å². The molecule has 0 amide bonds. The minimum atomic E-state index is -0.574. The Labute approximate surface area is 344 Å². The molecule has 1 unspecified atom stereocenters. The van der Waals surface area contributed by atoms with Crippen LogP contribution in [0.25, 0.3) is 65.7 Å². The Morgan fingerprint density at radius 3 is 1.44 bits per heavy atom. The predicted octanol–water partition coefficient (Wildman–Crippen LogP) is 15.3. The molecule has 1 nitrogen and oxygen atoms in total. The average Bonchev–Trinajstić information content (AvgIpc) is 3.52. The van der Waals surface area contributed by atoms with Crippen molar-refractivity contribution < 1.29 is 0 Å². The molecule has 0 N–H and O–H groups in total. The van der Waals surface area contributed by atoms with Gasteiger partial charge in [0.05, 0.1) is 11.1 Å². The van der Waals surface area contributed by atoms with E-state index in [1.807, 2.05) is 0 Å². The highest BCUT2D eigenvalue weighted by Gasteiger charge is 2.49. The molecule has 59 heavy (non-hydrogen) atoms. The highest BCUT2D eigenvalue weighted by atomic mass is 15.1. The SMILES string of the molecule is CC1(C)c2ccccc2-c2ccc(N(c3ccc4c(c3)C3(c5ccccc5-c5cccc6cccc3c56)c3cccc5cccc-4c35)c3cccc4ccccc34)cc21. The second kappa shape index (κ2) is 11.7. The first kappa shape index (κ1) is 32.8. The molecule has 1 heteroatoms. The Hall–Kier alpha value is -7.22. The third-order valence-corrected chi connectivity index (χ3v) is 14.0. The largest absolute Gasteiger partial charge is 0.310 e. The summed E-state index contributed by atoms with van der Waals surface area (Å²) in [5, 5.41) is 7.68. The summed E-state index contributed by atoms with van der Waals surface area (Å²) in [7, 11) is 0. The van der Waals surface area contributed by atoms with Crippen molar-refractivity contribution in [2.75, 3.05) is 4.90 Å². The van der Waals surface area contributed by atoms with Crippen LogP contribution >= 0.6 is 0 Å². The van der Waals surface area contributed by atoms with Crippen LogP contribution in [-0.2, 0) is 10.8 Å². The molecule has 276 valence electrons. The third kappa shape index (κ3) is 4.19. The summed E-state index contributed by atoms with van der Waals surface area (Å²) in [6.07, 6.45) is 0. The van der Waals surface area contributed by atoms with Crippen molar-refractivity contribution in [2.45, 2.75) is 24.7 Å². The highest BCUT2D eigenvalue weighted by molar-refractivity contribution is 6.11. The minimum Gasteiger partial charge on any atom is -0.310 e. The van der Waals surface area contributed by atoms with Crippen LogP contribution in [0.2, 0.25) is 0 Å². The van der Waals surface area contributed by atoms with Crippen LogP contribution in [0.1, 0.15) is 47.2 Å². The summed E-state index contributed by atoms with van der Waals surface area (Å²) in [6, 6.07) is 75.8. The Morgan fingerprint density at radius 2 is 0.763 bits per heavy atom. The second-order valence-corrected chi connectivity index (χ2v) is 17.2. The molecule has 0 radical (unpaired) electrons. The molecule has 1 spiro atoms. The summed E-state index contributed by atoms with van der Waals surface area (Å²) >= 11 is 0. The van der Waals surface area contributed by atoms with E-state index in [2.05, 4.69) is 219 Å². The first-order chi connectivity index (χ1) is 29.0. The highest BCUT2D eigenvalue weighted by Crippen LogP contribution is 2.62. The standard InChI is InChI=1S/C58H39N/c1-57(2)48-25-7-5-21-42(48)44-32-30-39(34-52(44)57)59(54-29-13-15-36-14-3-4-20-41(36)54)40-31-33-45-47-24-10-17-38-19-12-28-51(56(38)47)58(53(45)35-40)49-26-8-6-22-43(49)46-23-9-16-37-18-11-27-50(58)55(37)46/h3-35H,1-2H3. The maximum atomic E-state index is 2.54. The lowest BCUT2D eigenvalue weighted by Gasteiger charge is -2.46. The first-order valence-corrected chi connectivity index (χ1v) is 20.8. The number of benzene rings is 10. The van der Waals surface area contributed by atoms with Crippen LogP contribution < -0.4 is 4.90 Å². The van der Waals surface area contributed by atoms with E-state index in [4.69, 9.17) is 0 Å². The van der Waals surface area contributed by atoms with Crippen LogP contribution in [0.15, 0.2) is 200 Å². The van der Waals surface area contributed by atoms with Crippen molar-refractivity contribution in [3.8, 4) is 33.4 Å². The molecule has 0 fully saturated rings. The van der Waals surface area contributed by atoms with E-state index in [9.17, 15) is 0 Å². The summed E-state index contributed by atoms with van der Waals surface area (Å²) in [5.41, 5.74) is 18.7. The monoisotopic (exact) mass is 749 g/mol.